The van der Waals surface area contributed by atoms with E-state index >= 15 is 0 Å². The summed E-state index contributed by atoms with van der Waals surface area (Å²) in [5, 5.41) is 0. The molecule has 0 N–H and O–H groups in total. The van der Waals surface area contributed by atoms with Gasteiger partial charge >= 0.3 is 0 Å². The zero-order valence-corrected chi connectivity index (χ0v) is 7.81. The van der Waals surface area contributed by atoms with Gasteiger partial charge in [-0.25, -0.2) is 0 Å². The van der Waals surface area contributed by atoms with Crippen LogP contribution in [0.1, 0.15) is 27.7 Å². The number of hydrogen-bond acceptors (Lipinski definition) is 0. The molecule has 11 heavy (non-hydrogen) atoms. The maximum Gasteiger partial charge on any atom is -0.0198 e. The van der Waals surface area contributed by atoms with E-state index in [2.05, 4.69) is 18.7 Å². The van der Waals surface area contributed by atoms with Gasteiger partial charge in [0.05, 0.1) is 0 Å². The normalized spacial score (nSPS) is 11.5. The summed E-state index contributed by atoms with van der Waals surface area (Å²) in [6.45, 7) is 8.16. The van der Waals surface area contributed by atoms with Crippen molar-refractivity contribution in [2.75, 3.05) is 0 Å². The highest BCUT2D eigenvalue weighted by Gasteiger charge is 1.74. The number of allylic oxidation sites excluding steroid dienone is 5. The summed E-state index contributed by atoms with van der Waals surface area (Å²) >= 11 is 0. The molecule has 0 aliphatic heterocycles. The highest BCUT2D eigenvalue weighted by Crippen LogP contribution is 1.94. The summed E-state index contributed by atoms with van der Waals surface area (Å²) in [6.07, 6.45) is 8.10. The molecule has 0 nitrogen and oxygen atoms in total. The van der Waals surface area contributed by atoms with Crippen LogP contribution in [0.2, 0.25) is 0 Å². The van der Waals surface area contributed by atoms with Crippen LogP contribution in [0.4, 0.5) is 0 Å². The van der Waals surface area contributed by atoms with Gasteiger partial charge in [0, 0.05) is 0 Å². The Kier molecular flexibility index (Phi) is 5.24. The third-order valence-electron chi connectivity index (χ3n) is 1.15. The van der Waals surface area contributed by atoms with Gasteiger partial charge in [-0.1, -0.05) is 23.8 Å². The smallest absolute Gasteiger partial charge is 0.0198 e. The van der Waals surface area contributed by atoms with Crippen molar-refractivity contribution in [3.63, 3.8) is 0 Å². The topological polar surface area (TPSA) is 0 Å². The Balaban J connectivity index is 4.24. The van der Waals surface area contributed by atoms with E-state index in [1.807, 2.05) is 39.0 Å². The molecule has 0 saturated carbocycles. The molecule has 0 bridgehead atoms. The van der Waals surface area contributed by atoms with Crippen molar-refractivity contribution in [2.45, 2.75) is 27.7 Å². The number of hydrogen-bond donors (Lipinski definition) is 0. The molecular formula is C11H16. The highest BCUT2D eigenvalue weighted by molar-refractivity contribution is 5.21. The van der Waals surface area contributed by atoms with Crippen molar-refractivity contribution in [3.8, 4) is 0 Å². The molecule has 0 spiro atoms. The lowest BCUT2D eigenvalue weighted by Gasteiger charge is -1.84. The van der Waals surface area contributed by atoms with Gasteiger partial charge in [-0.3, -0.25) is 0 Å². The Labute approximate surface area is 69.6 Å². The molecule has 0 heterocycles. The van der Waals surface area contributed by atoms with E-state index in [4.69, 9.17) is 0 Å². The molecule has 0 saturated heterocycles. The minimum Gasteiger partial charge on any atom is -0.122 e. The first-order valence-electron chi connectivity index (χ1n) is 3.86. The quantitative estimate of drug-likeness (QED) is 0.414. The summed E-state index contributed by atoms with van der Waals surface area (Å²) in [5.41, 5.74) is 5.57. The Hall–Kier alpha value is -1.00. The van der Waals surface area contributed by atoms with Crippen LogP contribution in [0.5, 0.6) is 0 Å². The lowest BCUT2D eigenvalue weighted by atomic mass is 10.2. The monoisotopic (exact) mass is 148 g/mol. The van der Waals surface area contributed by atoms with Gasteiger partial charge in [0.15, 0.2) is 0 Å². The Bertz CT molecular complexity index is 216. The van der Waals surface area contributed by atoms with Crippen molar-refractivity contribution in [3.05, 3.63) is 41.2 Å². The van der Waals surface area contributed by atoms with Crippen LogP contribution in [0, 0.1) is 0 Å². The largest absolute Gasteiger partial charge is 0.122 e. The molecule has 0 aromatic heterocycles. The highest BCUT2D eigenvalue weighted by atomic mass is 13.8. The minimum atomic E-state index is 1.20. The fourth-order valence-corrected chi connectivity index (χ4v) is 0.658. The van der Waals surface area contributed by atoms with Gasteiger partial charge < -0.3 is 0 Å². The van der Waals surface area contributed by atoms with Crippen LogP contribution >= 0.6 is 0 Å². The van der Waals surface area contributed by atoms with Crippen LogP contribution in [-0.4, -0.2) is 0 Å². The van der Waals surface area contributed by atoms with Crippen molar-refractivity contribution in [1.82, 2.24) is 0 Å². The first-order valence-corrected chi connectivity index (χ1v) is 3.86. The van der Waals surface area contributed by atoms with Gasteiger partial charge in [0.1, 0.15) is 0 Å². The fraction of sp³-hybridized carbons (Fsp3) is 0.364. The molecule has 0 fully saturated rings. The maximum atomic E-state index is 3.12. The van der Waals surface area contributed by atoms with Crippen LogP contribution in [0.3, 0.4) is 0 Å². The summed E-state index contributed by atoms with van der Waals surface area (Å²) in [5.74, 6) is 0. The van der Waals surface area contributed by atoms with Crippen LogP contribution in [-0.2, 0) is 0 Å². The third kappa shape index (κ3) is 6.89. The van der Waals surface area contributed by atoms with E-state index in [0.717, 1.165) is 0 Å². The van der Waals surface area contributed by atoms with E-state index in [1.165, 1.54) is 11.1 Å². The molecule has 60 valence electrons. The lowest BCUT2D eigenvalue weighted by Crippen LogP contribution is -1.63. The van der Waals surface area contributed by atoms with E-state index in [-0.39, 0.29) is 0 Å². The van der Waals surface area contributed by atoms with Crippen molar-refractivity contribution in [1.29, 1.82) is 0 Å². The average Bonchev–Trinajstić information content (AvgIpc) is 1.87. The lowest BCUT2D eigenvalue weighted by molar-refractivity contribution is 1.41. The Morgan fingerprint density at radius 2 is 1.82 bits per heavy atom. The predicted octanol–water partition coefficient (Wildman–Crippen LogP) is 3.63. The van der Waals surface area contributed by atoms with Gasteiger partial charge in [0.25, 0.3) is 0 Å². The predicted molar refractivity (Wildman–Crippen MR) is 51.5 cm³/mol. The summed E-state index contributed by atoms with van der Waals surface area (Å²) in [7, 11) is 0. The second-order valence-electron chi connectivity index (χ2n) is 2.72. The minimum absolute atomic E-state index is 1.20. The van der Waals surface area contributed by atoms with Crippen molar-refractivity contribution < 1.29 is 0 Å². The van der Waals surface area contributed by atoms with Gasteiger partial charge in [-0.15, -0.1) is 5.73 Å². The molecular weight excluding hydrogens is 132 g/mol. The van der Waals surface area contributed by atoms with Gasteiger partial charge in [-0.05, 0) is 39.3 Å². The Morgan fingerprint density at radius 3 is 2.27 bits per heavy atom. The number of rotatable bonds is 2. The second kappa shape index (κ2) is 5.76. The van der Waals surface area contributed by atoms with Crippen LogP contribution in [0.25, 0.3) is 0 Å². The van der Waals surface area contributed by atoms with Crippen molar-refractivity contribution >= 4 is 0 Å². The molecule has 0 radical (unpaired) electrons. The van der Waals surface area contributed by atoms with Gasteiger partial charge in [-0.2, -0.15) is 0 Å². The SMILES string of the molecule is C/C=C\C(C)=C\C=C=C(C)C. The van der Waals surface area contributed by atoms with E-state index in [1.54, 1.807) is 0 Å². The molecule has 0 aliphatic carbocycles. The first-order chi connectivity index (χ1) is 5.16. The molecule has 0 atom stereocenters. The zero-order valence-electron chi connectivity index (χ0n) is 7.81. The fourth-order valence-electron chi connectivity index (χ4n) is 0.658. The molecule has 0 aliphatic rings. The summed E-state index contributed by atoms with van der Waals surface area (Å²) in [4.78, 5) is 0. The zero-order chi connectivity index (χ0) is 8.69. The van der Waals surface area contributed by atoms with Crippen molar-refractivity contribution in [2.24, 2.45) is 0 Å². The molecule has 0 rings (SSSR count). The van der Waals surface area contributed by atoms with Gasteiger partial charge in [0.2, 0.25) is 0 Å². The van der Waals surface area contributed by atoms with Crippen LogP contribution in [0.15, 0.2) is 41.2 Å². The summed E-state index contributed by atoms with van der Waals surface area (Å²) < 4.78 is 0. The maximum absolute atomic E-state index is 3.12. The first kappa shape index (κ1) is 10.0. The molecule has 0 heteroatoms. The van der Waals surface area contributed by atoms with E-state index in [0.29, 0.717) is 0 Å². The Morgan fingerprint density at radius 1 is 1.18 bits per heavy atom. The molecule has 0 unspecified atom stereocenters. The molecule has 0 aromatic rings. The standard InChI is InChI=1S/C11H16/c1-5-7-11(4)9-6-8-10(2)3/h5-7,9H,1-4H3/b7-5-,11-9+. The molecule has 0 aromatic carbocycles. The third-order valence-corrected chi connectivity index (χ3v) is 1.15. The second-order valence-corrected chi connectivity index (χ2v) is 2.72. The van der Waals surface area contributed by atoms with E-state index in [9.17, 15) is 0 Å². The van der Waals surface area contributed by atoms with E-state index < -0.39 is 0 Å². The molecule has 0 amide bonds. The summed E-state index contributed by atoms with van der Waals surface area (Å²) in [6, 6.07) is 0. The average molecular weight is 148 g/mol. The van der Waals surface area contributed by atoms with Crippen LogP contribution < -0.4 is 0 Å².